The van der Waals surface area contributed by atoms with Crippen LogP contribution in [0.4, 0.5) is 0 Å². The van der Waals surface area contributed by atoms with Gasteiger partial charge in [0.1, 0.15) is 11.3 Å². The van der Waals surface area contributed by atoms with Gasteiger partial charge in [0.25, 0.3) is 0 Å². The van der Waals surface area contributed by atoms with Gasteiger partial charge in [-0.25, -0.2) is 4.79 Å². The lowest BCUT2D eigenvalue weighted by Gasteiger charge is -2.36. The van der Waals surface area contributed by atoms with Crippen molar-refractivity contribution in [2.45, 2.75) is 38.8 Å². The van der Waals surface area contributed by atoms with E-state index in [1.54, 1.807) is 13.0 Å². The summed E-state index contributed by atoms with van der Waals surface area (Å²) in [5, 5.41) is 9.13. The number of nitrogens with zero attached hydrogens (tertiary/aromatic N) is 1. The summed E-state index contributed by atoms with van der Waals surface area (Å²) in [5.41, 5.74) is 0.490. The van der Waals surface area contributed by atoms with E-state index in [1.165, 1.54) is 12.7 Å². The number of ether oxygens (including phenoxy) is 1. The van der Waals surface area contributed by atoms with E-state index in [0.29, 0.717) is 37.1 Å². The minimum absolute atomic E-state index is 0.117. The summed E-state index contributed by atoms with van der Waals surface area (Å²) in [7, 11) is 0. The van der Waals surface area contributed by atoms with Crippen LogP contribution < -0.4 is 0 Å². The molecule has 0 spiro atoms. The van der Waals surface area contributed by atoms with Crippen molar-refractivity contribution in [2.75, 3.05) is 19.8 Å². The highest BCUT2D eigenvalue weighted by atomic mass is 16.5. The summed E-state index contributed by atoms with van der Waals surface area (Å²) in [6.45, 7) is 3.41. The Morgan fingerprint density at radius 1 is 1.58 bits per heavy atom. The Hall–Kier alpha value is -1.33. The van der Waals surface area contributed by atoms with E-state index in [1.807, 2.05) is 0 Å². The quantitative estimate of drug-likeness (QED) is 0.763. The molecular weight excluding hydrogens is 246 g/mol. The summed E-state index contributed by atoms with van der Waals surface area (Å²) in [6.07, 6.45) is 5.04. The molecule has 1 aromatic heterocycles. The number of hydrogen-bond acceptors (Lipinski definition) is 5. The van der Waals surface area contributed by atoms with Gasteiger partial charge in [-0.15, -0.1) is 0 Å². The molecule has 5 heteroatoms. The van der Waals surface area contributed by atoms with Gasteiger partial charge in [0, 0.05) is 12.6 Å². The fraction of sp³-hybridized carbons (Fsp3) is 0.643. The Morgan fingerprint density at radius 3 is 2.95 bits per heavy atom. The largest absolute Gasteiger partial charge is 0.467 e. The fourth-order valence-corrected chi connectivity index (χ4v) is 2.31. The van der Waals surface area contributed by atoms with E-state index in [-0.39, 0.29) is 12.6 Å². The van der Waals surface area contributed by atoms with Gasteiger partial charge in [-0.1, -0.05) is 6.42 Å². The molecule has 0 atom stereocenters. The Labute approximate surface area is 113 Å². The van der Waals surface area contributed by atoms with Crippen LogP contribution in [0.15, 0.2) is 16.7 Å². The third-order valence-electron chi connectivity index (χ3n) is 3.57. The molecule has 0 amide bonds. The second kappa shape index (κ2) is 6.73. The van der Waals surface area contributed by atoms with Gasteiger partial charge < -0.3 is 14.3 Å². The first-order valence-corrected chi connectivity index (χ1v) is 6.84. The van der Waals surface area contributed by atoms with E-state index >= 15 is 0 Å². The molecule has 1 N–H and O–H groups in total. The summed E-state index contributed by atoms with van der Waals surface area (Å²) in [4.78, 5) is 13.9. The second-order valence-corrected chi connectivity index (χ2v) is 4.76. The minimum atomic E-state index is -0.344. The van der Waals surface area contributed by atoms with Crippen molar-refractivity contribution >= 4 is 5.97 Å². The van der Waals surface area contributed by atoms with Crippen molar-refractivity contribution in [3.05, 3.63) is 23.7 Å². The summed E-state index contributed by atoms with van der Waals surface area (Å²) < 4.78 is 10.4. The Bertz CT molecular complexity index is 411. The molecule has 5 nitrogen and oxygen atoms in total. The summed E-state index contributed by atoms with van der Waals surface area (Å²) >= 11 is 0. The zero-order valence-electron chi connectivity index (χ0n) is 11.3. The molecule has 106 valence electrons. The highest BCUT2D eigenvalue weighted by Gasteiger charge is 2.27. The van der Waals surface area contributed by atoms with Crippen LogP contribution in [0.25, 0.3) is 0 Å². The number of aliphatic hydroxyl groups is 1. The lowest BCUT2D eigenvalue weighted by atomic mass is 9.91. The normalized spacial score (nSPS) is 15.5. The van der Waals surface area contributed by atoms with Crippen molar-refractivity contribution in [1.29, 1.82) is 0 Å². The van der Waals surface area contributed by atoms with Gasteiger partial charge in [-0.05, 0) is 25.8 Å². The van der Waals surface area contributed by atoms with Gasteiger partial charge >= 0.3 is 5.97 Å². The van der Waals surface area contributed by atoms with Crippen LogP contribution in [0.1, 0.15) is 42.3 Å². The molecule has 0 bridgehead atoms. The van der Waals surface area contributed by atoms with Crippen LogP contribution in [-0.2, 0) is 11.3 Å². The predicted octanol–water partition coefficient (Wildman–Crippen LogP) is 1.80. The molecule has 1 heterocycles. The van der Waals surface area contributed by atoms with Crippen LogP contribution >= 0.6 is 0 Å². The Kier molecular flexibility index (Phi) is 4.99. The van der Waals surface area contributed by atoms with Crippen LogP contribution in [0, 0.1) is 0 Å². The van der Waals surface area contributed by atoms with Gasteiger partial charge in [-0.2, -0.15) is 0 Å². The average molecular weight is 267 g/mol. The fourth-order valence-electron chi connectivity index (χ4n) is 2.31. The monoisotopic (exact) mass is 267 g/mol. The van der Waals surface area contributed by atoms with Crippen LogP contribution in [0.2, 0.25) is 0 Å². The third-order valence-corrected chi connectivity index (χ3v) is 3.57. The van der Waals surface area contributed by atoms with Gasteiger partial charge in [0.2, 0.25) is 0 Å². The van der Waals surface area contributed by atoms with Crippen molar-refractivity contribution in [1.82, 2.24) is 4.90 Å². The minimum Gasteiger partial charge on any atom is -0.467 e. The molecule has 2 rings (SSSR count). The maximum Gasteiger partial charge on any atom is 0.341 e. The average Bonchev–Trinajstić information content (AvgIpc) is 2.75. The van der Waals surface area contributed by atoms with Crippen molar-refractivity contribution in [2.24, 2.45) is 0 Å². The first kappa shape index (κ1) is 14.1. The number of rotatable bonds is 7. The number of carbonyl (C=O) groups excluding carboxylic acids is 1. The highest BCUT2D eigenvalue weighted by Crippen LogP contribution is 2.27. The number of furan rings is 1. The zero-order chi connectivity index (χ0) is 13.7. The number of esters is 1. The Balaban J connectivity index is 2.04. The predicted molar refractivity (Wildman–Crippen MR) is 69.8 cm³/mol. The van der Waals surface area contributed by atoms with Crippen molar-refractivity contribution < 1.29 is 19.1 Å². The lowest BCUT2D eigenvalue weighted by Crippen LogP contribution is -2.41. The molecule has 19 heavy (non-hydrogen) atoms. The number of carbonyl (C=O) groups is 1. The molecule has 0 saturated heterocycles. The lowest BCUT2D eigenvalue weighted by molar-refractivity contribution is 0.0515. The second-order valence-electron chi connectivity index (χ2n) is 4.76. The smallest absolute Gasteiger partial charge is 0.341 e. The van der Waals surface area contributed by atoms with Crippen LogP contribution in [0.5, 0.6) is 0 Å². The van der Waals surface area contributed by atoms with E-state index in [4.69, 9.17) is 14.3 Å². The van der Waals surface area contributed by atoms with E-state index in [0.717, 1.165) is 12.8 Å². The molecule has 1 aliphatic carbocycles. The molecule has 1 fully saturated rings. The molecule has 0 aliphatic heterocycles. The number of aliphatic hydroxyl groups excluding tert-OH is 1. The van der Waals surface area contributed by atoms with Gasteiger partial charge in [0.15, 0.2) is 0 Å². The van der Waals surface area contributed by atoms with Crippen molar-refractivity contribution in [3.63, 3.8) is 0 Å². The third kappa shape index (κ3) is 3.36. The maximum absolute atomic E-state index is 11.8. The molecular formula is C14H21NO4. The van der Waals surface area contributed by atoms with E-state index < -0.39 is 0 Å². The molecule has 1 aliphatic rings. The first-order valence-electron chi connectivity index (χ1n) is 6.84. The van der Waals surface area contributed by atoms with E-state index in [2.05, 4.69) is 4.90 Å². The number of hydrogen-bond donors (Lipinski definition) is 1. The Morgan fingerprint density at radius 2 is 2.37 bits per heavy atom. The molecule has 1 saturated carbocycles. The maximum atomic E-state index is 11.8. The SMILES string of the molecule is CCOC(=O)c1ccoc1CN(CCO)C1CCC1. The van der Waals surface area contributed by atoms with Crippen LogP contribution in [0.3, 0.4) is 0 Å². The molecule has 0 unspecified atom stereocenters. The van der Waals surface area contributed by atoms with Crippen LogP contribution in [-0.4, -0.2) is 41.8 Å². The summed E-state index contributed by atoms with van der Waals surface area (Å²) in [5.74, 6) is 0.280. The zero-order valence-corrected chi connectivity index (χ0v) is 11.3. The first-order chi connectivity index (χ1) is 9.26. The van der Waals surface area contributed by atoms with Crippen molar-refractivity contribution in [3.8, 4) is 0 Å². The van der Waals surface area contributed by atoms with Gasteiger partial charge in [0.05, 0.1) is 26.0 Å². The molecule has 0 radical (unpaired) electrons. The van der Waals surface area contributed by atoms with Gasteiger partial charge in [-0.3, -0.25) is 4.90 Å². The standard InChI is InChI=1S/C14H21NO4/c1-2-18-14(17)12-6-9-19-13(12)10-15(7-8-16)11-4-3-5-11/h6,9,11,16H,2-5,7-8,10H2,1H3. The summed E-state index contributed by atoms with van der Waals surface area (Å²) in [6, 6.07) is 2.14. The topological polar surface area (TPSA) is 62.9 Å². The molecule has 1 aromatic rings. The van der Waals surface area contributed by atoms with E-state index in [9.17, 15) is 4.79 Å². The highest BCUT2D eigenvalue weighted by molar-refractivity contribution is 5.90. The molecule has 0 aromatic carbocycles.